The van der Waals surface area contributed by atoms with E-state index in [1.165, 1.54) is 0 Å². The van der Waals surface area contributed by atoms with E-state index in [4.69, 9.17) is 10.00 Å². The molecular weight excluding hydrogens is 400 g/mol. The summed E-state index contributed by atoms with van der Waals surface area (Å²) >= 11 is 0. The summed E-state index contributed by atoms with van der Waals surface area (Å²) in [4.78, 5) is 12.8. The molecule has 0 aliphatic carbocycles. The van der Waals surface area contributed by atoms with E-state index in [1.807, 2.05) is 12.1 Å². The first kappa shape index (κ1) is 21.1. The van der Waals surface area contributed by atoms with Crippen LogP contribution in [0.1, 0.15) is 21.5 Å². The number of amides is 1. The Morgan fingerprint density at radius 3 is 2.43 bits per heavy atom. The van der Waals surface area contributed by atoms with E-state index < -0.39 is 9.84 Å². The van der Waals surface area contributed by atoms with E-state index in [0.717, 1.165) is 5.56 Å². The van der Waals surface area contributed by atoms with Crippen molar-refractivity contribution in [3.05, 3.63) is 95.6 Å². The van der Waals surface area contributed by atoms with Gasteiger partial charge >= 0.3 is 0 Å². The fourth-order valence-corrected chi connectivity index (χ4v) is 4.24. The summed E-state index contributed by atoms with van der Waals surface area (Å²) in [6.07, 6.45) is 0. The van der Waals surface area contributed by atoms with Crippen LogP contribution in [0.15, 0.2) is 83.8 Å². The van der Waals surface area contributed by atoms with E-state index in [0.29, 0.717) is 16.9 Å². The molecule has 0 aliphatic rings. The number of carbonyl (C=O) groups excluding carboxylic acids is 1. The highest BCUT2D eigenvalue weighted by Crippen LogP contribution is 2.17. The molecule has 0 unspecified atom stereocenters. The molecule has 0 spiro atoms. The van der Waals surface area contributed by atoms with Crippen molar-refractivity contribution >= 4 is 15.7 Å². The van der Waals surface area contributed by atoms with Crippen LogP contribution >= 0.6 is 0 Å². The second-order valence-electron chi connectivity index (χ2n) is 6.55. The fraction of sp³-hybridized carbons (Fsp3) is 0.130. The quantitative estimate of drug-likeness (QED) is 0.602. The number of nitriles is 1. The topological polar surface area (TPSA) is 96.3 Å². The Hall–Kier alpha value is -3.63. The van der Waals surface area contributed by atoms with Crippen LogP contribution in [-0.2, 0) is 22.1 Å². The van der Waals surface area contributed by atoms with Gasteiger partial charge in [0.2, 0.25) is 0 Å². The van der Waals surface area contributed by atoms with Crippen molar-refractivity contribution < 1.29 is 17.9 Å². The first-order chi connectivity index (χ1) is 14.5. The monoisotopic (exact) mass is 420 g/mol. The lowest BCUT2D eigenvalue weighted by atomic mass is 10.1. The van der Waals surface area contributed by atoms with Crippen LogP contribution in [0.4, 0.5) is 0 Å². The SMILES string of the molecule is N#CCOc1cccc(CNC(=O)c2cccc(CS(=O)(=O)c3ccccc3)c2)c1. The molecule has 0 bridgehead atoms. The minimum Gasteiger partial charge on any atom is -0.479 e. The van der Waals surface area contributed by atoms with Crippen molar-refractivity contribution in [2.24, 2.45) is 0 Å². The predicted octanol–water partition coefficient (Wildman–Crippen LogP) is 3.49. The number of carbonyl (C=O) groups is 1. The highest BCUT2D eigenvalue weighted by Gasteiger charge is 2.16. The van der Waals surface area contributed by atoms with Gasteiger partial charge in [0.1, 0.15) is 11.8 Å². The van der Waals surface area contributed by atoms with Gasteiger partial charge in [-0.05, 0) is 47.5 Å². The van der Waals surface area contributed by atoms with E-state index in [-0.39, 0.29) is 29.7 Å². The Morgan fingerprint density at radius 2 is 1.67 bits per heavy atom. The van der Waals surface area contributed by atoms with Gasteiger partial charge in [0.05, 0.1) is 10.6 Å². The number of benzene rings is 3. The van der Waals surface area contributed by atoms with Crippen molar-refractivity contribution in [3.63, 3.8) is 0 Å². The van der Waals surface area contributed by atoms with Gasteiger partial charge in [0, 0.05) is 12.1 Å². The molecule has 0 radical (unpaired) electrons. The Bertz CT molecular complexity index is 1170. The van der Waals surface area contributed by atoms with Gasteiger partial charge in [-0.2, -0.15) is 5.26 Å². The highest BCUT2D eigenvalue weighted by molar-refractivity contribution is 7.90. The number of rotatable bonds is 8. The van der Waals surface area contributed by atoms with Crippen LogP contribution in [0.2, 0.25) is 0 Å². The van der Waals surface area contributed by atoms with Gasteiger partial charge in [-0.15, -0.1) is 0 Å². The summed E-state index contributed by atoms with van der Waals surface area (Å²) in [7, 11) is -3.49. The van der Waals surface area contributed by atoms with E-state index in [2.05, 4.69) is 5.32 Å². The van der Waals surface area contributed by atoms with Crippen LogP contribution in [0.5, 0.6) is 5.75 Å². The molecule has 0 heterocycles. The zero-order valence-corrected chi connectivity index (χ0v) is 16.9. The summed E-state index contributed by atoms with van der Waals surface area (Å²) in [5.41, 5.74) is 1.74. The minimum atomic E-state index is -3.49. The minimum absolute atomic E-state index is 0.0471. The lowest BCUT2D eigenvalue weighted by Gasteiger charge is -2.09. The number of hydrogen-bond donors (Lipinski definition) is 1. The molecule has 3 aromatic rings. The molecule has 6 nitrogen and oxygen atoms in total. The Balaban J connectivity index is 1.66. The standard InChI is InChI=1S/C23H20N2O4S/c24-12-13-29-21-9-5-6-18(15-21)16-25-23(26)20-8-4-7-19(14-20)17-30(27,28)22-10-2-1-3-11-22/h1-11,14-15H,13,16-17H2,(H,25,26). The molecule has 3 rings (SSSR count). The van der Waals surface area contributed by atoms with E-state index >= 15 is 0 Å². The van der Waals surface area contributed by atoms with Gasteiger partial charge in [-0.25, -0.2) is 8.42 Å². The third-order valence-electron chi connectivity index (χ3n) is 4.30. The van der Waals surface area contributed by atoms with Gasteiger partial charge in [-0.1, -0.05) is 42.5 Å². The van der Waals surface area contributed by atoms with Crippen molar-refractivity contribution in [2.75, 3.05) is 6.61 Å². The lowest BCUT2D eigenvalue weighted by Crippen LogP contribution is -2.23. The Morgan fingerprint density at radius 1 is 0.933 bits per heavy atom. The molecule has 1 N–H and O–H groups in total. The molecular formula is C23H20N2O4S. The maximum atomic E-state index is 12.6. The van der Waals surface area contributed by atoms with Crippen LogP contribution in [0.3, 0.4) is 0 Å². The molecule has 0 aliphatic heterocycles. The number of sulfone groups is 1. The molecule has 0 fully saturated rings. The molecule has 0 atom stereocenters. The van der Waals surface area contributed by atoms with Crippen LogP contribution in [0, 0.1) is 11.3 Å². The van der Waals surface area contributed by atoms with Gasteiger partial charge in [-0.3, -0.25) is 4.79 Å². The molecule has 30 heavy (non-hydrogen) atoms. The lowest BCUT2D eigenvalue weighted by molar-refractivity contribution is 0.0950. The maximum absolute atomic E-state index is 12.6. The molecule has 0 saturated heterocycles. The average Bonchev–Trinajstić information content (AvgIpc) is 2.77. The Kier molecular flexibility index (Phi) is 6.83. The van der Waals surface area contributed by atoms with Crippen LogP contribution < -0.4 is 10.1 Å². The molecule has 1 amide bonds. The zero-order valence-electron chi connectivity index (χ0n) is 16.1. The zero-order chi connectivity index (χ0) is 21.4. The van der Waals surface area contributed by atoms with Crippen LogP contribution in [-0.4, -0.2) is 20.9 Å². The first-order valence-electron chi connectivity index (χ1n) is 9.21. The number of nitrogens with zero attached hydrogens (tertiary/aromatic N) is 1. The average molecular weight is 420 g/mol. The number of nitrogens with one attached hydrogen (secondary N) is 1. The van der Waals surface area contributed by atoms with Crippen molar-refractivity contribution in [3.8, 4) is 11.8 Å². The second kappa shape index (κ2) is 9.72. The molecule has 152 valence electrons. The van der Waals surface area contributed by atoms with Crippen molar-refractivity contribution in [1.82, 2.24) is 5.32 Å². The normalized spacial score (nSPS) is 10.8. The second-order valence-corrected chi connectivity index (χ2v) is 8.54. The summed E-state index contributed by atoms with van der Waals surface area (Å²) in [6, 6.07) is 23.8. The third kappa shape index (κ3) is 5.69. The Labute approximate surface area is 175 Å². The van der Waals surface area contributed by atoms with E-state index in [1.54, 1.807) is 72.8 Å². The van der Waals surface area contributed by atoms with Gasteiger partial charge in [0.15, 0.2) is 16.4 Å². The highest BCUT2D eigenvalue weighted by atomic mass is 32.2. The summed E-state index contributed by atoms with van der Waals surface area (Å²) in [6.45, 7) is 0.226. The largest absolute Gasteiger partial charge is 0.479 e. The number of hydrogen-bond acceptors (Lipinski definition) is 5. The van der Waals surface area contributed by atoms with E-state index in [9.17, 15) is 13.2 Å². The maximum Gasteiger partial charge on any atom is 0.251 e. The van der Waals surface area contributed by atoms with Crippen molar-refractivity contribution in [2.45, 2.75) is 17.2 Å². The number of ether oxygens (including phenoxy) is 1. The summed E-state index contributed by atoms with van der Waals surface area (Å²) < 4.78 is 30.4. The summed E-state index contributed by atoms with van der Waals surface area (Å²) in [5.74, 6) is 0.0601. The molecule has 0 aromatic heterocycles. The molecule has 3 aromatic carbocycles. The smallest absolute Gasteiger partial charge is 0.251 e. The first-order valence-corrected chi connectivity index (χ1v) is 10.9. The van der Waals surface area contributed by atoms with Crippen molar-refractivity contribution in [1.29, 1.82) is 5.26 Å². The van der Waals surface area contributed by atoms with Gasteiger partial charge < -0.3 is 10.1 Å². The van der Waals surface area contributed by atoms with Crippen LogP contribution in [0.25, 0.3) is 0 Å². The molecule has 7 heteroatoms. The summed E-state index contributed by atoms with van der Waals surface area (Å²) in [5, 5.41) is 11.4. The predicted molar refractivity (Wildman–Crippen MR) is 112 cm³/mol. The third-order valence-corrected chi connectivity index (χ3v) is 6.01. The molecule has 0 saturated carbocycles. The fourth-order valence-electron chi connectivity index (χ4n) is 2.88. The van der Waals surface area contributed by atoms with Gasteiger partial charge in [0.25, 0.3) is 5.91 Å².